The van der Waals surface area contributed by atoms with Gasteiger partial charge in [-0.1, -0.05) is 12.1 Å². The summed E-state index contributed by atoms with van der Waals surface area (Å²) in [5.74, 6) is -0.667. The summed E-state index contributed by atoms with van der Waals surface area (Å²) in [5, 5.41) is 6.08. The smallest absolute Gasteiger partial charge is 0.246 e. The van der Waals surface area contributed by atoms with Gasteiger partial charge in [0, 0.05) is 19.6 Å². The van der Waals surface area contributed by atoms with Crippen LogP contribution in [0.15, 0.2) is 23.1 Å². The molecule has 0 bridgehead atoms. The van der Waals surface area contributed by atoms with E-state index in [-0.39, 0.29) is 22.8 Å². The van der Waals surface area contributed by atoms with Gasteiger partial charge in [-0.25, -0.2) is 12.8 Å². The number of hydrogen-bond acceptors (Lipinski definition) is 4. The van der Waals surface area contributed by atoms with E-state index in [4.69, 9.17) is 0 Å². The largest absolute Gasteiger partial charge is 0.354 e. The average Bonchev–Trinajstić information content (AvgIpc) is 3.17. The van der Waals surface area contributed by atoms with Gasteiger partial charge in [0.1, 0.15) is 10.7 Å². The highest BCUT2D eigenvalue weighted by Crippen LogP contribution is 2.26. The highest BCUT2D eigenvalue weighted by molar-refractivity contribution is 7.89. The third kappa shape index (κ3) is 4.07. The molecular weight excluding hydrogens is 357 g/mol. The van der Waals surface area contributed by atoms with Crippen molar-refractivity contribution in [3.05, 3.63) is 29.6 Å². The Morgan fingerprint density at radius 2 is 2.15 bits per heavy atom. The van der Waals surface area contributed by atoms with E-state index in [1.807, 2.05) is 0 Å². The Morgan fingerprint density at radius 1 is 1.35 bits per heavy atom. The van der Waals surface area contributed by atoms with E-state index >= 15 is 0 Å². The predicted octanol–water partition coefficient (Wildman–Crippen LogP) is 1.40. The van der Waals surface area contributed by atoms with Crippen LogP contribution in [0.4, 0.5) is 4.39 Å². The standard InChI is InChI=1S/C18H26FN3O3S/c1-13-5-2-8-16(17(13)19)26(24,25)22-10-4-6-14(12-22)11-21-18(23)15-7-3-9-20-15/h2,5,8,14-15,20H,3-4,6-7,9-12H2,1H3,(H,21,23). The summed E-state index contributed by atoms with van der Waals surface area (Å²) in [5.41, 5.74) is 0.316. The summed E-state index contributed by atoms with van der Waals surface area (Å²) < 4.78 is 41.3. The average molecular weight is 383 g/mol. The number of nitrogens with one attached hydrogen (secondary N) is 2. The molecule has 6 nitrogen and oxygen atoms in total. The van der Waals surface area contributed by atoms with Crippen LogP contribution in [0.25, 0.3) is 0 Å². The van der Waals surface area contributed by atoms with Crippen molar-refractivity contribution in [3.63, 3.8) is 0 Å². The van der Waals surface area contributed by atoms with Gasteiger partial charge in [-0.15, -0.1) is 0 Å². The lowest BCUT2D eigenvalue weighted by molar-refractivity contribution is -0.123. The molecule has 3 rings (SSSR count). The molecule has 2 fully saturated rings. The molecule has 0 radical (unpaired) electrons. The molecule has 2 aliphatic heterocycles. The first kappa shape index (κ1) is 19.3. The molecule has 1 amide bonds. The van der Waals surface area contributed by atoms with Crippen molar-refractivity contribution in [2.45, 2.75) is 43.5 Å². The first-order chi connectivity index (χ1) is 12.4. The summed E-state index contributed by atoms with van der Waals surface area (Å²) >= 11 is 0. The topological polar surface area (TPSA) is 78.5 Å². The van der Waals surface area contributed by atoms with Crippen LogP contribution < -0.4 is 10.6 Å². The number of halogens is 1. The molecule has 1 aromatic carbocycles. The molecule has 0 spiro atoms. The van der Waals surface area contributed by atoms with Gasteiger partial charge in [0.25, 0.3) is 0 Å². The van der Waals surface area contributed by atoms with Crippen molar-refractivity contribution >= 4 is 15.9 Å². The summed E-state index contributed by atoms with van der Waals surface area (Å²) in [6.45, 7) is 3.54. The van der Waals surface area contributed by atoms with Crippen molar-refractivity contribution in [1.29, 1.82) is 0 Å². The summed E-state index contributed by atoms with van der Waals surface area (Å²) in [4.78, 5) is 11.8. The van der Waals surface area contributed by atoms with Gasteiger partial charge in [-0.05, 0) is 56.7 Å². The van der Waals surface area contributed by atoms with Crippen molar-refractivity contribution in [3.8, 4) is 0 Å². The monoisotopic (exact) mass is 383 g/mol. The lowest BCUT2D eigenvalue weighted by atomic mass is 9.99. The zero-order valence-electron chi connectivity index (χ0n) is 15.0. The maximum atomic E-state index is 14.3. The Morgan fingerprint density at radius 3 is 2.88 bits per heavy atom. The van der Waals surface area contributed by atoms with Crippen molar-refractivity contribution < 1.29 is 17.6 Å². The Balaban J connectivity index is 1.64. The highest BCUT2D eigenvalue weighted by atomic mass is 32.2. The van der Waals surface area contributed by atoms with Gasteiger partial charge in [0.2, 0.25) is 15.9 Å². The number of carbonyl (C=O) groups excluding carboxylic acids is 1. The number of sulfonamides is 1. The lowest BCUT2D eigenvalue weighted by Gasteiger charge is -2.32. The molecule has 2 N–H and O–H groups in total. The molecule has 0 aliphatic carbocycles. The Bertz CT molecular complexity index is 763. The predicted molar refractivity (Wildman–Crippen MR) is 96.7 cm³/mol. The van der Waals surface area contributed by atoms with E-state index in [1.165, 1.54) is 10.4 Å². The van der Waals surface area contributed by atoms with Gasteiger partial charge >= 0.3 is 0 Å². The van der Waals surface area contributed by atoms with Gasteiger partial charge < -0.3 is 10.6 Å². The molecule has 26 heavy (non-hydrogen) atoms. The molecule has 2 atom stereocenters. The van der Waals surface area contributed by atoms with E-state index in [0.717, 1.165) is 25.8 Å². The molecule has 0 aromatic heterocycles. The maximum Gasteiger partial charge on any atom is 0.246 e. The quantitative estimate of drug-likeness (QED) is 0.806. The molecule has 2 aliphatic rings. The fourth-order valence-corrected chi connectivity index (χ4v) is 5.34. The minimum atomic E-state index is -3.87. The molecule has 0 saturated carbocycles. The lowest BCUT2D eigenvalue weighted by Crippen LogP contribution is -2.46. The number of piperidine rings is 1. The Kier molecular flexibility index (Phi) is 5.94. The third-order valence-electron chi connectivity index (χ3n) is 5.20. The van der Waals surface area contributed by atoms with Crippen LogP contribution in [0, 0.1) is 18.7 Å². The SMILES string of the molecule is Cc1cccc(S(=O)(=O)N2CCCC(CNC(=O)C3CCCN3)C2)c1F. The zero-order valence-corrected chi connectivity index (χ0v) is 15.8. The molecule has 2 saturated heterocycles. The number of benzene rings is 1. The first-order valence-electron chi connectivity index (χ1n) is 9.16. The van der Waals surface area contributed by atoms with Gasteiger partial charge in [0.15, 0.2) is 0 Å². The van der Waals surface area contributed by atoms with Crippen LogP contribution in [-0.2, 0) is 14.8 Å². The van der Waals surface area contributed by atoms with Crippen molar-refractivity contribution in [1.82, 2.24) is 14.9 Å². The molecule has 1 aromatic rings. The van der Waals surface area contributed by atoms with Gasteiger partial charge in [-0.2, -0.15) is 4.31 Å². The summed E-state index contributed by atoms with van der Waals surface area (Å²) in [6.07, 6.45) is 3.38. The Hall–Kier alpha value is -1.51. The Labute approximate surface area is 154 Å². The van der Waals surface area contributed by atoms with Crippen LogP contribution in [-0.4, -0.2) is 50.9 Å². The molecule has 144 valence electrons. The second-order valence-corrected chi connectivity index (χ2v) is 9.06. The van der Waals surface area contributed by atoms with E-state index in [2.05, 4.69) is 10.6 Å². The third-order valence-corrected chi connectivity index (χ3v) is 7.08. The maximum absolute atomic E-state index is 14.3. The van der Waals surface area contributed by atoms with E-state index < -0.39 is 15.8 Å². The van der Waals surface area contributed by atoms with Gasteiger partial charge in [-0.3, -0.25) is 4.79 Å². The second-order valence-electron chi connectivity index (χ2n) is 7.15. The molecule has 2 unspecified atom stereocenters. The number of rotatable bonds is 5. The first-order valence-corrected chi connectivity index (χ1v) is 10.6. The van der Waals surface area contributed by atoms with Crippen LogP contribution in [0.2, 0.25) is 0 Å². The fourth-order valence-electron chi connectivity index (χ4n) is 3.65. The normalized spacial score (nSPS) is 24.5. The minimum absolute atomic E-state index is 0.0211. The van der Waals surface area contributed by atoms with Crippen LogP contribution in [0.1, 0.15) is 31.2 Å². The minimum Gasteiger partial charge on any atom is -0.354 e. The number of amides is 1. The number of carbonyl (C=O) groups is 1. The van der Waals surface area contributed by atoms with Crippen molar-refractivity contribution in [2.24, 2.45) is 5.92 Å². The second kappa shape index (κ2) is 8.02. The fraction of sp³-hybridized carbons (Fsp3) is 0.611. The molecular formula is C18H26FN3O3S. The summed E-state index contributed by atoms with van der Waals surface area (Å²) in [6, 6.07) is 4.29. The number of hydrogen-bond donors (Lipinski definition) is 2. The van der Waals surface area contributed by atoms with Crippen molar-refractivity contribution in [2.75, 3.05) is 26.2 Å². The van der Waals surface area contributed by atoms with E-state index in [9.17, 15) is 17.6 Å². The van der Waals surface area contributed by atoms with E-state index in [0.29, 0.717) is 31.6 Å². The molecule has 2 heterocycles. The van der Waals surface area contributed by atoms with Crippen LogP contribution in [0.5, 0.6) is 0 Å². The van der Waals surface area contributed by atoms with Crippen LogP contribution in [0.3, 0.4) is 0 Å². The summed E-state index contributed by atoms with van der Waals surface area (Å²) in [7, 11) is -3.87. The van der Waals surface area contributed by atoms with Crippen LogP contribution >= 0.6 is 0 Å². The van der Waals surface area contributed by atoms with E-state index in [1.54, 1.807) is 19.1 Å². The highest BCUT2D eigenvalue weighted by Gasteiger charge is 2.33. The molecule has 8 heteroatoms. The number of nitrogens with zero attached hydrogens (tertiary/aromatic N) is 1. The number of aryl methyl sites for hydroxylation is 1. The van der Waals surface area contributed by atoms with Gasteiger partial charge in [0.05, 0.1) is 6.04 Å². The zero-order chi connectivity index (χ0) is 18.7.